The predicted octanol–water partition coefficient (Wildman–Crippen LogP) is 0.126. The maximum absolute atomic E-state index is 10.8. The number of rotatable bonds is 2. The van der Waals surface area contributed by atoms with Gasteiger partial charge >= 0.3 is 0 Å². The van der Waals surface area contributed by atoms with Gasteiger partial charge in [0.15, 0.2) is 0 Å². The van der Waals surface area contributed by atoms with Gasteiger partial charge in [-0.1, -0.05) is 12.1 Å². The highest BCUT2D eigenvalue weighted by atomic mass is 32.2. The molecule has 0 aliphatic carbocycles. The minimum Gasteiger partial charge on any atom is -0.261 e. The van der Waals surface area contributed by atoms with Crippen LogP contribution in [0, 0.1) is 6.07 Å². The lowest BCUT2D eigenvalue weighted by atomic mass is 10.3. The number of anilines is 1. The third-order valence-corrected chi connectivity index (χ3v) is 2.41. The van der Waals surface area contributed by atoms with E-state index >= 15 is 0 Å². The van der Waals surface area contributed by atoms with Crippen LogP contribution in [0.5, 0.6) is 0 Å². The lowest BCUT2D eigenvalue weighted by molar-refractivity contribution is 0.596. The Bertz CT molecular complexity index is 347. The van der Waals surface area contributed by atoms with Gasteiger partial charge in [-0.25, -0.2) is 5.14 Å². The summed E-state index contributed by atoms with van der Waals surface area (Å²) in [6.45, 7) is 0. The van der Waals surface area contributed by atoms with Crippen molar-refractivity contribution in [3.63, 3.8) is 0 Å². The third-order valence-electron chi connectivity index (χ3n) is 1.44. The average Bonchev–Trinajstić information content (AvgIpc) is 2.03. The average molecular weight is 185 g/mol. The first-order valence-electron chi connectivity index (χ1n) is 3.24. The number of hydrogen-bond acceptors (Lipinski definition) is 2. The number of benzene rings is 1. The fraction of sp³-hybridized carbons (Fsp3) is 0.143. The molecule has 0 spiro atoms. The first kappa shape index (κ1) is 9.02. The molecular weight excluding hydrogens is 176 g/mol. The largest absolute Gasteiger partial charge is 0.298 e. The predicted molar refractivity (Wildman–Crippen MR) is 46.8 cm³/mol. The Morgan fingerprint density at radius 3 is 2.67 bits per heavy atom. The van der Waals surface area contributed by atoms with Crippen molar-refractivity contribution >= 4 is 15.9 Å². The van der Waals surface area contributed by atoms with Gasteiger partial charge in [-0.2, -0.15) is 8.42 Å². The van der Waals surface area contributed by atoms with E-state index in [1.54, 1.807) is 24.3 Å². The van der Waals surface area contributed by atoms with E-state index in [9.17, 15) is 8.42 Å². The Labute approximate surface area is 71.8 Å². The second-order valence-electron chi connectivity index (χ2n) is 2.27. The van der Waals surface area contributed by atoms with E-state index in [0.717, 1.165) is 4.31 Å². The molecule has 0 amide bonds. The molecule has 0 saturated heterocycles. The minimum atomic E-state index is -3.64. The fourth-order valence-corrected chi connectivity index (χ4v) is 1.13. The fourth-order valence-electron chi connectivity index (χ4n) is 0.727. The summed E-state index contributed by atoms with van der Waals surface area (Å²) in [6, 6.07) is 9.31. The van der Waals surface area contributed by atoms with Crippen LogP contribution in [0.2, 0.25) is 0 Å². The normalized spacial score (nSPS) is 11.2. The van der Waals surface area contributed by atoms with Crippen molar-refractivity contribution in [3.05, 3.63) is 30.3 Å². The van der Waals surface area contributed by atoms with Crippen LogP contribution in [-0.2, 0) is 10.2 Å². The summed E-state index contributed by atoms with van der Waals surface area (Å²) in [5.74, 6) is 0. The van der Waals surface area contributed by atoms with Gasteiger partial charge in [-0.3, -0.25) is 4.31 Å². The second kappa shape index (κ2) is 3.12. The Morgan fingerprint density at radius 1 is 1.58 bits per heavy atom. The summed E-state index contributed by atoms with van der Waals surface area (Å²) in [6.07, 6.45) is 0. The molecule has 1 aromatic carbocycles. The Morgan fingerprint density at radius 2 is 2.25 bits per heavy atom. The van der Waals surface area contributed by atoms with Crippen molar-refractivity contribution in [2.24, 2.45) is 5.14 Å². The molecule has 0 atom stereocenters. The van der Waals surface area contributed by atoms with E-state index < -0.39 is 10.2 Å². The summed E-state index contributed by atoms with van der Waals surface area (Å²) in [7, 11) is -2.26. The van der Waals surface area contributed by atoms with Crippen LogP contribution in [0.25, 0.3) is 0 Å². The number of nitrogens with zero attached hydrogens (tertiary/aromatic N) is 1. The standard InChI is InChI=1S/C7H9N2O2S/c1-9(12(8,10)11)7-5-3-2-4-6-7/h2-3,5-6H,1H3,(H2,8,10,11). The molecule has 12 heavy (non-hydrogen) atoms. The van der Waals surface area contributed by atoms with E-state index in [1.165, 1.54) is 7.05 Å². The van der Waals surface area contributed by atoms with Gasteiger partial charge in [-0.05, 0) is 18.2 Å². The SMILES string of the molecule is CN(c1c[c]ccc1)S(N)(=O)=O. The summed E-state index contributed by atoms with van der Waals surface area (Å²) in [5, 5.41) is 4.90. The Kier molecular flexibility index (Phi) is 2.35. The zero-order valence-corrected chi connectivity index (χ0v) is 7.38. The molecule has 0 unspecified atom stereocenters. The molecule has 4 nitrogen and oxygen atoms in total. The highest BCUT2D eigenvalue weighted by molar-refractivity contribution is 7.90. The number of nitrogens with two attached hydrogens (primary N) is 1. The zero-order valence-electron chi connectivity index (χ0n) is 6.56. The molecule has 1 aromatic rings. The molecule has 0 bridgehead atoms. The minimum absolute atomic E-state index is 0.500. The molecule has 0 saturated carbocycles. The lowest BCUT2D eigenvalue weighted by Gasteiger charge is -2.14. The highest BCUT2D eigenvalue weighted by Gasteiger charge is 2.10. The van der Waals surface area contributed by atoms with Gasteiger partial charge < -0.3 is 0 Å². The summed E-state index contributed by atoms with van der Waals surface area (Å²) in [4.78, 5) is 0. The summed E-state index contributed by atoms with van der Waals surface area (Å²) < 4.78 is 22.6. The number of hydrogen-bond donors (Lipinski definition) is 1. The smallest absolute Gasteiger partial charge is 0.261 e. The molecule has 0 heterocycles. The molecule has 2 N–H and O–H groups in total. The topological polar surface area (TPSA) is 63.4 Å². The van der Waals surface area contributed by atoms with E-state index in [1.807, 2.05) is 0 Å². The molecular formula is C7H9N2O2S. The highest BCUT2D eigenvalue weighted by Crippen LogP contribution is 2.11. The first-order valence-corrected chi connectivity index (χ1v) is 4.75. The molecule has 0 aliphatic heterocycles. The van der Waals surface area contributed by atoms with Crippen molar-refractivity contribution in [1.82, 2.24) is 0 Å². The molecule has 5 heteroatoms. The maximum Gasteiger partial charge on any atom is 0.298 e. The molecule has 1 rings (SSSR count). The van der Waals surface area contributed by atoms with Crippen LogP contribution in [0.15, 0.2) is 24.3 Å². The molecule has 65 valence electrons. The van der Waals surface area contributed by atoms with Crippen LogP contribution in [0.1, 0.15) is 0 Å². The van der Waals surface area contributed by atoms with Crippen molar-refractivity contribution in [2.45, 2.75) is 0 Å². The monoisotopic (exact) mass is 185 g/mol. The van der Waals surface area contributed by atoms with Crippen molar-refractivity contribution in [1.29, 1.82) is 0 Å². The first-order chi connectivity index (χ1) is 5.52. The second-order valence-corrected chi connectivity index (χ2v) is 3.85. The van der Waals surface area contributed by atoms with Gasteiger partial charge in [-0.15, -0.1) is 0 Å². The molecule has 0 fully saturated rings. The summed E-state index contributed by atoms with van der Waals surface area (Å²) in [5.41, 5.74) is 0.500. The van der Waals surface area contributed by atoms with Gasteiger partial charge in [0.1, 0.15) is 0 Å². The zero-order chi connectivity index (χ0) is 9.19. The quantitative estimate of drug-likeness (QED) is 0.711. The van der Waals surface area contributed by atoms with Crippen LogP contribution in [0.3, 0.4) is 0 Å². The molecule has 1 radical (unpaired) electrons. The maximum atomic E-state index is 10.8. The van der Waals surface area contributed by atoms with Gasteiger partial charge in [0.2, 0.25) is 0 Å². The van der Waals surface area contributed by atoms with Crippen molar-refractivity contribution in [2.75, 3.05) is 11.4 Å². The van der Waals surface area contributed by atoms with Crippen molar-refractivity contribution < 1.29 is 8.42 Å². The van der Waals surface area contributed by atoms with E-state index in [-0.39, 0.29) is 0 Å². The van der Waals surface area contributed by atoms with Crippen molar-refractivity contribution in [3.8, 4) is 0 Å². The third kappa shape index (κ3) is 1.96. The Hall–Kier alpha value is -1.07. The van der Waals surface area contributed by atoms with Crippen LogP contribution < -0.4 is 9.44 Å². The van der Waals surface area contributed by atoms with Crippen LogP contribution >= 0.6 is 0 Å². The van der Waals surface area contributed by atoms with Gasteiger partial charge in [0, 0.05) is 7.05 Å². The van der Waals surface area contributed by atoms with E-state index in [4.69, 9.17) is 5.14 Å². The van der Waals surface area contributed by atoms with E-state index in [2.05, 4.69) is 6.07 Å². The molecule has 0 aromatic heterocycles. The van der Waals surface area contributed by atoms with Crippen LogP contribution in [-0.4, -0.2) is 15.5 Å². The molecule has 0 aliphatic rings. The van der Waals surface area contributed by atoms with Gasteiger partial charge in [0.25, 0.3) is 10.2 Å². The summed E-state index contributed by atoms with van der Waals surface area (Å²) >= 11 is 0. The van der Waals surface area contributed by atoms with Crippen LogP contribution in [0.4, 0.5) is 5.69 Å². The Balaban J connectivity index is 3.02. The lowest BCUT2D eigenvalue weighted by Crippen LogP contribution is -2.32. The van der Waals surface area contributed by atoms with E-state index in [0.29, 0.717) is 5.69 Å². The van der Waals surface area contributed by atoms with Gasteiger partial charge in [0.05, 0.1) is 5.69 Å².